The minimum absolute atomic E-state index is 0.00749. The fourth-order valence-corrected chi connectivity index (χ4v) is 3.84. The molecule has 4 rings (SSSR count). The highest BCUT2D eigenvalue weighted by atomic mass is 19.2. The fraction of sp³-hybridized carbons (Fsp3) is 0.308. The van der Waals surface area contributed by atoms with Crippen molar-refractivity contribution in [2.24, 2.45) is 11.7 Å². The number of halogens is 5. The maximum atomic E-state index is 14.6. The molecule has 0 aliphatic carbocycles. The van der Waals surface area contributed by atoms with Gasteiger partial charge in [-0.05, 0) is 47.4 Å². The van der Waals surface area contributed by atoms with Crippen LogP contribution >= 0.6 is 0 Å². The summed E-state index contributed by atoms with van der Waals surface area (Å²) in [5.41, 5.74) is 7.49. The van der Waals surface area contributed by atoms with Crippen LogP contribution in [0, 0.1) is 35.0 Å². The van der Waals surface area contributed by atoms with Crippen molar-refractivity contribution in [2.45, 2.75) is 32.3 Å². The number of ether oxygens (including phenoxy) is 3. The van der Waals surface area contributed by atoms with E-state index in [1.165, 1.54) is 0 Å². The molecular weight excluding hydrogens is 469 g/mol. The molecule has 1 saturated heterocycles. The second kappa shape index (κ2) is 10.7. The molecule has 9 heteroatoms. The van der Waals surface area contributed by atoms with Crippen LogP contribution in [0.3, 0.4) is 0 Å². The standard InChI is InChI=1S/C26H24F5NO3/c1-2-23(32)18-12-34-26(35-13-18)16-5-3-15(4-6-16)17-9-21(29)25(22(30)10-17)33-11-14-7-19(27)24(31)20(28)8-14/h3-10,18,23,26H,2,11-13,32H2,1H3. The topological polar surface area (TPSA) is 53.7 Å². The second-order valence-electron chi connectivity index (χ2n) is 8.38. The van der Waals surface area contributed by atoms with Crippen molar-refractivity contribution >= 4 is 0 Å². The molecule has 0 amide bonds. The largest absolute Gasteiger partial charge is 0.483 e. The van der Waals surface area contributed by atoms with Crippen molar-refractivity contribution in [1.29, 1.82) is 0 Å². The molecule has 0 aromatic heterocycles. The van der Waals surface area contributed by atoms with E-state index in [0.29, 0.717) is 30.9 Å². The Morgan fingerprint density at radius 3 is 1.97 bits per heavy atom. The summed E-state index contributed by atoms with van der Waals surface area (Å²) in [5.74, 6) is -7.04. The molecule has 35 heavy (non-hydrogen) atoms. The average Bonchev–Trinajstić information content (AvgIpc) is 2.86. The Bertz CT molecular complexity index is 1130. The van der Waals surface area contributed by atoms with Crippen LogP contribution in [-0.2, 0) is 16.1 Å². The molecule has 3 aromatic rings. The first-order valence-corrected chi connectivity index (χ1v) is 11.1. The van der Waals surface area contributed by atoms with Crippen molar-refractivity contribution in [3.05, 3.63) is 88.7 Å². The van der Waals surface area contributed by atoms with Crippen molar-refractivity contribution < 1.29 is 36.2 Å². The van der Waals surface area contributed by atoms with Crippen LogP contribution in [0.15, 0.2) is 48.5 Å². The van der Waals surface area contributed by atoms with Crippen LogP contribution in [0.2, 0.25) is 0 Å². The molecule has 186 valence electrons. The summed E-state index contributed by atoms with van der Waals surface area (Å²) in [4.78, 5) is 0. The highest BCUT2D eigenvalue weighted by molar-refractivity contribution is 5.65. The number of benzene rings is 3. The van der Waals surface area contributed by atoms with Gasteiger partial charge in [0, 0.05) is 17.5 Å². The molecule has 1 fully saturated rings. The third-order valence-electron chi connectivity index (χ3n) is 5.94. The highest BCUT2D eigenvalue weighted by Gasteiger charge is 2.27. The van der Waals surface area contributed by atoms with E-state index in [-0.39, 0.29) is 23.1 Å². The van der Waals surface area contributed by atoms with E-state index in [1.807, 2.05) is 6.92 Å². The van der Waals surface area contributed by atoms with E-state index >= 15 is 0 Å². The molecule has 4 nitrogen and oxygen atoms in total. The van der Waals surface area contributed by atoms with Gasteiger partial charge in [-0.3, -0.25) is 0 Å². The first-order chi connectivity index (χ1) is 16.8. The molecule has 1 aliphatic rings. The second-order valence-corrected chi connectivity index (χ2v) is 8.38. The van der Waals surface area contributed by atoms with Crippen LogP contribution < -0.4 is 10.5 Å². The monoisotopic (exact) mass is 493 g/mol. The van der Waals surface area contributed by atoms with Crippen LogP contribution in [0.1, 0.15) is 30.8 Å². The Hall–Kier alpha value is -3.01. The lowest BCUT2D eigenvalue weighted by atomic mass is 9.99. The van der Waals surface area contributed by atoms with E-state index in [9.17, 15) is 22.0 Å². The Morgan fingerprint density at radius 2 is 1.43 bits per heavy atom. The third kappa shape index (κ3) is 5.63. The Kier molecular flexibility index (Phi) is 7.69. The zero-order chi connectivity index (χ0) is 25.1. The molecule has 3 aromatic carbocycles. The highest BCUT2D eigenvalue weighted by Crippen LogP contribution is 2.32. The van der Waals surface area contributed by atoms with E-state index in [1.54, 1.807) is 24.3 Å². The molecule has 1 atom stereocenters. The van der Waals surface area contributed by atoms with E-state index < -0.39 is 47.7 Å². The maximum Gasteiger partial charge on any atom is 0.194 e. The smallest absolute Gasteiger partial charge is 0.194 e. The van der Waals surface area contributed by atoms with Crippen molar-refractivity contribution in [3.8, 4) is 16.9 Å². The summed E-state index contributed by atoms with van der Waals surface area (Å²) >= 11 is 0. The molecule has 1 heterocycles. The summed E-state index contributed by atoms with van der Waals surface area (Å²) in [6, 6.07) is 10.4. The molecule has 0 bridgehead atoms. The van der Waals surface area contributed by atoms with Gasteiger partial charge in [-0.2, -0.15) is 0 Å². The first kappa shape index (κ1) is 25.1. The number of hydrogen-bond acceptors (Lipinski definition) is 4. The minimum Gasteiger partial charge on any atom is -0.483 e. The number of rotatable bonds is 7. The lowest BCUT2D eigenvalue weighted by molar-refractivity contribution is -0.208. The van der Waals surface area contributed by atoms with E-state index in [0.717, 1.165) is 24.1 Å². The predicted octanol–water partition coefficient (Wildman–Crippen LogP) is 6.03. The molecule has 0 saturated carbocycles. The van der Waals surface area contributed by atoms with Gasteiger partial charge in [0.1, 0.15) is 6.61 Å². The van der Waals surface area contributed by atoms with Crippen LogP contribution in [-0.4, -0.2) is 19.3 Å². The summed E-state index contributed by atoms with van der Waals surface area (Å²) < 4.78 is 85.6. The predicted molar refractivity (Wildman–Crippen MR) is 119 cm³/mol. The quantitative estimate of drug-likeness (QED) is 0.323. The van der Waals surface area contributed by atoms with Gasteiger partial charge < -0.3 is 19.9 Å². The summed E-state index contributed by atoms with van der Waals surface area (Å²) in [6.07, 6.45) is 0.284. The van der Waals surface area contributed by atoms with Gasteiger partial charge in [-0.15, -0.1) is 0 Å². The van der Waals surface area contributed by atoms with Gasteiger partial charge in [-0.25, -0.2) is 22.0 Å². The first-order valence-electron chi connectivity index (χ1n) is 11.1. The molecular formula is C26H24F5NO3. The Morgan fingerprint density at radius 1 is 0.857 bits per heavy atom. The summed E-state index contributed by atoms with van der Waals surface area (Å²) in [5, 5.41) is 0. The van der Waals surface area contributed by atoms with Gasteiger partial charge in [0.25, 0.3) is 0 Å². The van der Waals surface area contributed by atoms with Gasteiger partial charge in [-0.1, -0.05) is 31.2 Å². The fourth-order valence-electron chi connectivity index (χ4n) is 3.84. The van der Waals surface area contributed by atoms with E-state index in [4.69, 9.17) is 19.9 Å². The molecule has 1 unspecified atom stereocenters. The number of hydrogen-bond donors (Lipinski definition) is 1. The van der Waals surface area contributed by atoms with Gasteiger partial charge in [0.05, 0.1) is 13.2 Å². The minimum atomic E-state index is -1.63. The average molecular weight is 493 g/mol. The van der Waals surface area contributed by atoms with Crippen molar-refractivity contribution in [3.63, 3.8) is 0 Å². The van der Waals surface area contributed by atoms with Crippen molar-refractivity contribution in [1.82, 2.24) is 0 Å². The summed E-state index contributed by atoms with van der Waals surface area (Å²) in [6.45, 7) is 2.42. The van der Waals surface area contributed by atoms with Gasteiger partial charge in [0.2, 0.25) is 0 Å². The lowest BCUT2D eigenvalue weighted by Crippen LogP contribution is -2.39. The van der Waals surface area contributed by atoms with Gasteiger partial charge in [0.15, 0.2) is 41.1 Å². The van der Waals surface area contributed by atoms with E-state index in [2.05, 4.69) is 0 Å². The lowest BCUT2D eigenvalue weighted by Gasteiger charge is -2.32. The zero-order valence-electron chi connectivity index (χ0n) is 18.9. The van der Waals surface area contributed by atoms with Crippen molar-refractivity contribution in [2.75, 3.05) is 13.2 Å². The van der Waals surface area contributed by atoms with Crippen LogP contribution in [0.25, 0.3) is 11.1 Å². The summed E-state index contributed by atoms with van der Waals surface area (Å²) in [7, 11) is 0. The molecule has 0 radical (unpaired) electrons. The molecule has 2 N–H and O–H groups in total. The Balaban J connectivity index is 1.44. The molecule has 1 aliphatic heterocycles. The normalized spacial score (nSPS) is 18.9. The van der Waals surface area contributed by atoms with Crippen LogP contribution in [0.4, 0.5) is 22.0 Å². The zero-order valence-corrected chi connectivity index (χ0v) is 18.9. The SMILES string of the molecule is CCC(N)C1COC(c2ccc(-c3cc(F)c(OCc4cc(F)c(F)c(F)c4)c(F)c3)cc2)OC1. The van der Waals surface area contributed by atoms with Gasteiger partial charge >= 0.3 is 0 Å². The molecule has 0 spiro atoms. The number of nitrogens with two attached hydrogens (primary N) is 1. The maximum absolute atomic E-state index is 14.6. The Labute approximate surface area is 199 Å². The third-order valence-corrected chi connectivity index (χ3v) is 5.94. The van der Waals surface area contributed by atoms with Crippen LogP contribution in [0.5, 0.6) is 5.75 Å².